The van der Waals surface area contributed by atoms with E-state index in [1.54, 1.807) is 0 Å². The van der Waals surface area contributed by atoms with Crippen LogP contribution in [0.15, 0.2) is 67.0 Å². The van der Waals surface area contributed by atoms with Gasteiger partial charge in [-0.3, -0.25) is 4.79 Å². The molecule has 1 saturated heterocycles. The number of carbonyl (C=O) groups excluding carboxylic acids is 1. The van der Waals surface area contributed by atoms with Crippen molar-refractivity contribution in [1.29, 1.82) is 0 Å². The first kappa shape index (κ1) is 18.2. The molecule has 1 N–H and O–H groups in total. The second kappa shape index (κ2) is 8.21. The predicted octanol–water partition coefficient (Wildman–Crippen LogP) is 4.31. The van der Waals surface area contributed by atoms with Crippen LogP contribution >= 0.6 is 0 Å². The summed E-state index contributed by atoms with van der Waals surface area (Å²) < 4.78 is 0. The zero-order valence-electron chi connectivity index (χ0n) is 16.0. The van der Waals surface area contributed by atoms with Gasteiger partial charge < -0.3 is 10.2 Å². The number of carbonyl (C=O) groups is 1. The van der Waals surface area contributed by atoms with E-state index in [0.717, 1.165) is 41.8 Å². The molecule has 0 radical (unpaired) electrons. The van der Waals surface area contributed by atoms with Gasteiger partial charge in [0.05, 0.1) is 5.92 Å². The van der Waals surface area contributed by atoms with Gasteiger partial charge in [-0.15, -0.1) is 0 Å². The van der Waals surface area contributed by atoms with Gasteiger partial charge in [0.1, 0.15) is 0 Å². The molecule has 5 nitrogen and oxygen atoms in total. The normalized spacial score (nSPS) is 16.6. The van der Waals surface area contributed by atoms with Gasteiger partial charge in [0.25, 0.3) is 0 Å². The SMILES string of the molecule is Cc1ccccc1NC(=O)C1CCCN(c2ncc(-c3ccccc3)cn2)C1. The average Bonchev–Trinajstić information content (AvgIpc) is 2.76. The lowest BCUT2D eigenvalue weighted by Gasteiger charge is -2.32. The monoisotopic (exact) mass is 372 g/mol. The van der Waals surface area contributed by atoms with E-state index in [1.165, 1.54) is 0 Å². The van der Waals surface area contributed by atoms with Crippen molar-refractivity contribution in [3.8, 4) is 11.1 Å². The summed E-state index contributed by atoms with van der Waals surface area (Å²) in [6.45, 7) is 3.52. The summed E-state index contributed by atoms with van der Waals surface area (Å²) >= 11 is 0. The van der Waals surface area contributed by atoms with Gasteiger partial charge >= 0.3 is 0 Å². The zero-order valence-corrected chi connectivity index (χ0v) is 16.0. The molecule has 1 fully saturated rings. The molecule has 142 valence electrons. The third kappa shape index (κ3) is 4.03. The standard InChI is InChI=1S/C23H24N4O/c1-17-8-5-6-12-21(17)26-22(28)19-11-7-13-27(16-19)23-24-14-20(15-25-23)18-9-3-2-4-10-18/h2-6,8-10,12,14-15,19H,7,11,13,16H2,1H3,(H,26,28). The number of nitrogens with one attached hydrogen (secondary N) is 1. The van der Waals surface area contributed by atoms with Crippen LogP contribution in [0.25, 0.3) is 11.1 Å². The Morgan fingerprint density at radius 2 is 1.71 bits per heavy atom. The number of hydrogen-bond donors (Lipinski definition) is 1. The Bertz CT molecular complexity index is 940. The van der Waals surface area contributed by atoms with Crippen LogP contribution in [-0.4, -0.2) is 29.0 Å². The Hall–Kier alpha value is -3.21. The number of nitrogens with zero attached hydrogens (tertiary/aromatic N) is 3. The minimum atomic E-state index is -0.0641. The molecule has 1 unspecified atom stereocenters. The van der Waals surface area contributed by atoms with Crippen LogP contribution < -0.4 is 10.2 Å². The maximum atomic E-state index is 12.8. The molecule has 4 rings (SSSR count). The highest BCUT2D eigenvalue weighted by Gasteiger charge is 2.27. The second-order valence-corrected chi connectivity index (χ2v) is 7.23. The van der Waals surface area contributed by atoms with Crippen LogP contribution in [-0.2, 0) is 4.79 Å². The van der Waals surface area contributed by atoms with Crippen molar-refractivity contribution in [2.24, 2.45) is 5.92 Å². The van der Waals surface area contributed by atoms with Crippen LogP contribution in [0.5, 0.6) is 0 Å². The van der Waals surface area contributed by atoms with Gasteiger partial charge in [-0.05, 0) is 37.0 Å². The van der Waals surface area contributed by atoms with Crippen LogP contribution in [0.1, 0.15) is 18.4 Å². The van der Waals surface area contributed by atoms with Crippen LogP contribution in [0.4, 0.5) is 11.6 Å². The van der Waals surface area contributed by atoms with Crippen molar-refractivity contribution in [3.05, 3.63) is 72.6 Å². The van der Waals surface area contributed by atoms with E-state index in [-0.39, 0.29) is 11.8 Å². The number of hydrogen-bond acceptors (Lipinski definition) is 4. The topological polar surface area (TPSA) is 58.1 Å². The molecule has 1 atom stereocenters. The Morgan fingerprint density at radius 3 is 2.46 bits per heavy atom. The van der Waals surface area contributed by atoms with Crippen molar-refractivity contribution in [2.45, 2.75) is 19.8 Å². The first-order chi connectivity index (χ1) is 13.7. The molecular weight excluding hydrogens is 348 g/mol. The molecule has 0 saturated carbocycles. The van der Waals surface area contributed by atoms with Crippen molar-refractivity contribution in [2.75, 3.05) is 23.3 Å². The van der Waals surface area contributed by atoms with Crippen LogP contribution in [0.3, 0.4) is 0 Å². The average molecular weight is 372 g/mol. The lowest BCUT2D eigenvalue weighted by Crippen LogP contribution is -2.41. The minimum Gasteiger partial charge on any atom is -0.340 e. The second-order valence-electron chi connectivity index (χ2n) is 7.23. The van der Waals surface area contributed by atoms with Gasteiger partial charge in [0.15, 0.2) is 0 Å². The fourth-order valence-electron chi connectivity index (χ4n) is 3.58. The van der Waals surface area contributed by atoms with Gasteiger partial charge in [-0.1, -0.05) is 48.5 Å². The number of benzene rings is 2. The third-order valence-corrected chi connectivity index (χ3v) is 5.22. The van der Waals surface area contributed by atoms with Crippen LogP contribution in [0.2, 0.25) is 0 Å². The highest BCUT2D eigenvalue weighted by atomic mass is 16.1. The van der Waals surface area contributed by atoms with Gasteiger partial charge in [0, 0.05) is 36.7 Å². The number of amides is 1. The Balaban J connectivity index is 1.43. The van der Waals surface area contributed by atoms with E-state index in [4.69, 9.17) is 0 Å². The van der Waals surface area contributed by atoms with E-state index in [1.807, 2.05) is 73.9 Å². The lowest BCUT2D eigenvalue weighted by atomic mass is 9.97. The van der Waals surface area contributed by atoms with E-state index >= 15 is 0 Å². The molecule has 1 aliphatic rings. The maximum absolute atomic E-state index is 12.8. The lowest BCUT2D eigenvalue weighted by molar-refractivity contribution is -0.120. The molecule has 0 bridgehead atoms. The Morgan fingerprint density at radius 1 is 1.00 bits per heavy atom. The van der Waals surface area contributed by atoms with E-state index in [9.17, 15) is 4.79 Å². The summed E-state index contributed by atoms with van der Waals surface area (Å²) in [7, 11) is 0. The molecule has 5 heteroatoms. The molecule has 1 aliphatic heterocycles. The fraction of sp³-hybridized carbons (Fsp3) is 0.261. The molecule has 28 heavy (non-hydrogen) atoms. The quantitative estimate of drug-likeness (QED) is 0.741. The minimum absolute atomic E-state index is 0.0641. The van der Waals surface area contributed by atoms with E-state index < -0.39 is 0 Å². The Labute approximate surface area is 165 Å². The fourth-order valence-corrected chi connectivity index (χ4v) is 3.58. The van der Waals surface area contributed by atoms with Gasteiger partial charge in [0.2, 0.25) is 11.9 Å². The van der Waals surface area contributed by atoms with Crippen molar-refractivity contribution < 1.29 is 4.79 Å². The highest BCUT2D eigenvalue weighted by molar-refractivity contribution is 5.93. The molecule has 0 spiro atoms. The summed E-state index contributed by atoms with van der Waals surface area (Å²) in [5.74, 6) is 0.693. The van der Waals surface area contributed by atoms with Crippen molar-refractivity contribution >= 4 is 17.5 Å². The summed E-state index contributed by atoms with van der Waals surface area (Å²) in [5.41, 5.74) is 4.05. The largest absolute Gasteiger partial charge is 0.340 e. The first-order valence-electron chi connectivity index (χ1n) is 9.69. The first-order valence-corrected chi connectivity index (χ1v) is 9.69. The van der Waals surface area contributed by atoms with E-state index in [0.29, 0.717) is 12.5 Å². The molecule has 1 aromatic heterocycles. The molecule has 2 heterocycles. The predicted molar refractivity (Wildman–Crippen MR) is 112 cm³/mol. The number of anilines is 2. The molecule has 1 amide bonds. The molecular formula is C23H24N4O. The van der Waals surface area contributed by atoms with Gasteiger partial charge in [-0.25, -0.2) is 9.97 Å². The number of aryl methyl sites for hydroxylation is 1. The van der Waals surface area contributed by atoms with E-state index in [2.05, 4.69) is 20.2 Å². The number of piperidine rings is 1. The maximum Gasteiger partial charge on any atom is 0.229 e. The van der Waals surface area contributed by atoms with Gasteiger partial charge in [-0.2, -0.15) is 0 Å². The summed E-state index contributed by atoms with van der Waals surface area (Å²) in [4.78, 5) is 24.0. The van der Waals surface area contributed by atoms with Crippen molar-refractivity contribution in [1.82, 2.24) is 9.97 Å². The summed E-state index contributed by atoms with van der Waals surface area (Å²) in [6, 6.07) is 18.0. The number of rotatable bonds is 4. The van der Waals surface area contributed by atoms with Crippen molar-refractivity contribution in [3.63, 3.8) is 0 Å². The summed E-state index contributed by atoms with van der Waals surface area (Å²) in [5, 5.41) is 3.08. The highest BCUT2D eigenvalue weighted by Crippen LogP contribution is 2.24. The number of para-hydroxylation sites is 1. The molecule has 2 aromatic carbocycles. The zero-order chi connectivity index (χ0) is 19.3. The Kier molecular flexibility index (Phi) is 5.33. The number of aromatic nitrogens is 2. The summed E-state index contributed by atoms with van der Waals surface area (Å²) in [6.07, 6.45) is 5.55. The smallest absolute Gasteiger partial charge is 0.229 e. The molecule has 0 aliphatic carbocycles. The molecule has 3 aromatic rings. The third-order valence-electron chi connectivity index (χ3n) is 5.22. The van der Waals surface area contributed by atoms with Crippen LogP contribution in [0, 0.1) is 12.8 Å².